The maximum absolute atomic E-state index is 12.0. The van der Waals surface area contributed by atoms with Gasteiger partial charge >= 0.3 is 0 Å². The Kier molecular flexibility index (Phi) is 3.95. The lowest BCUT2D eigenvalue weighted by Gasteiger charge is -2.11. The number of carbonyl (C=O) groups excluding carboxylic acids is 1. The number of imidazole rings is 1. The van der Waals surface area contributed by atoms with Gasteiger partial charge in [0.2, 0.25) is 5.91 Å². The molecule has 1 aliphatic carbocycles. The predicted octanol–water partition coefficient (Wildman–Crippen LogP) is 3.03. The van der Waals surface area contributed by atoms with Crippen LogP contribution in [0.3, 0.4) is 0 Å². The van der Waals surface area contributed by atoms with E-state index >= 15 is 0 Å². The fraction of sp³-hybridized carbons (Fsp3) is 0.190. The molecule has 0 spiro atoms. The molecule has 0 radical (unpaired) electrons. The van der Waals surface area contributed by atoms with Gasteiger partial charge in [0, 0.05) is 24.5 Å². The largest absolute Gasteiger partial charge is 0.392 e. The minimum Gasteiger partial charge on any atom is -0.392 e. The molecular weight excluding hydrogens is 354 g/mol. The topological polar surface area (TPSA) is 84.5 Å². The monoisotopic (exact) mass is 373 g/mol. The number of aliphatic hydroxyl groups is 1. The van der Waals surface area contributed by atoms with Gasteiger partial charge in [0.1, 0.15) is 5.65 Å². The Morgan fingerprint density at radius 2 is 2.11 bits per heavy atom. The highest BCUT2D eigenvalue weighted by atomic mass is 16.3. The molecule has 7 heteroatoms. The molecule has 0 unspecified atom stereocenters. The van der Waals surface area contributed by atoms with Crippen molar-refractivity contribution in [3.05, 3.63) is 66.7 Å². The van der Waals surface area contributed by atoms with Crippen LogP contribution in [0, 0.1) is 5.92 Å². The van der Waals surface area contributed by atoms with Crippen LogP contribution in [0.4, 0.5) is 5.82 Å². The van der Waals surface area contributed by atoms with E-state index in [4.69, 9.17) is 0 Å². The van der Waals surface area contributed by atoms with Crippen LogP contribution in [0.15, 0.2) is 61.2 Å². The first-order chi connectivity index (χ1) is 13.7. The van der Waals surface area contributed by atoms with Crippen molar-refractivity contribution in [1.29, 1.82) is 0 Å². The number of anilines is 1. The van der Waals surface area contributed by atoms with E-state index in [9.17, 15) is 9.90 Å². The zero-order valence-electron chi connectivity index (χ0n) is 15.1. The molecule has 0 aliphatic heterocycles. The van der Waals surface area contributed by atoms with Crippen molar-refractivity contribution >= 4 is 17.4 Å². The summed E-state index contributed by atoms with van der Waals surface area (Å²) in [5, 5.41) is 16.9. The maximum atomic E-state index is 12.0. The van der Waals surface area contributed by atoms with Crippen molar-refractivity contribution in [2.24, 2.45) is 5.92 Å². The number of benzene rings is 1. The average Bonchev–Trinajstić information content (AvgIpc) is 3.27. The van der Waals surface area contributed by atoms with Crippen LogP contribution in [0.2, 0.25) is 0 Å². The summed E-state index contributed by atoms with van der Waals surface area (Å²) in [5.74, 6) is 0.734. The third-order valence-corrected chi connectivity index (χ3v) is 4.99. The molecule has 1 fully saturated rings. The van der Waals surface area contributed by atoms with E-state index in [1.165, 1.54) is 0 Å². The summed E-state index contributed by atoms with van der Waals surface area (Å²) in [6, 6.07) is 11.6. The van der Waals surface area contributed by atoms with E-state index in [0.29, 0.717) is 5.82 Å². The van der Waals surface area contributed by atoms with Gasteiger partial charge in [-0.3, -0.25) is 4.79 Å². The van der Waals surface area contributed by atoms with E-state index in [-0.39, 0.29) is 18.4 Å². The van der Waals surface area contributed by atoms with Crippen LogP contribution >= 0.6 is 0 Å². The van der Waals surface area contributed by atoms with Gasteiger partial charge in [-0.2, -0.15) is 5.10 Å². The van der Waals surface area contributed by atoms with Gasteiger partial charge in [0.15, 0.2) is 5.82 Å². The van der Waals surface area contributed by atoms with E-state index in [1.807, 2.05) is 59.4 Å². The molecule has 4 aromatic rings. The van der Waals surface area contributed by atoms with Gasteiger partial charge in [-0.15, -0.1) is 0 Å². The summed E-state index contributed by atoms with van der Waals surface area (Å²) in [4.78, 5) is 16.4. The number of aliphatic hydroxyl groups excluding tert-OH is 1. The Hall–Kier alpha value is -3.45. The van der Waals surface area contributed by atoms with Gasteiger partial charge < -0.3 is 14.8 Å². The van der Waals surface area contributed by atoms with Gasteiger partial charge in [0.05, 0.1) is 18.5 Å². The van der Waals surface area contributed by atoms with Crippen LogP contribution in [0.5, 0.6) is 0 Å². The van der Waals surface area contributed by atoms with Crippen LogP contribution in [-0.2, 0) is 11.4 Å². The Bertz CT molecular complexity index is 1160. The van der Waals surface area contributed by atoms with Crippen molar-refractivity contribution < 1.29 is 9.90 Å². The normalized spacial score (nSPS) is 13.8. The second-order valence-electron chi connectivity index (χ2n) is 7.02. The van der Waals surface area contributed by atoms with Crippen LogP contribution in [0.25, 0.3) is 22.5 Å². The Morgan fingerprint density at radius 1 is 1.21 bits per heavy atom. The summed E-state index contributed by atoms with van der Waals surface area (Å²) in [6.45, 7) is -0.0562. The number of hydrogen-bond donors (Lipinski definition) is 2. The third-order valence-electron chi connectivity index (χ3n) is 4.99. The fourth-order valence-electron chi connectivity index (χ4n) is 3.32. The molecule has 2 N–H and O–H groups in total. The predicted molar refractivity (Wildman–Crippen MR) is 105 cm³/mol. The molecule has 140 valence electrons. The quantitative estimate of drug-likeness (QED) is 0.563. The number of fused-ring (bicyclic) bond motifs is 1. The van der Waals surface area contributed by atoms with Crippen molar-refractivity contribution in [2.45, 2.75) is 19.4 Å². The second kappa shape index (κ2) is 6.61. The first-order valence-corrected chi connectivity index (χ1v) is 9.25. The number of nitrogens with one attached hydrogen (secondary N) is 1. The smallest absolute Gasteiger partial charge is 0.228 e. The SMILES string of the molecule is O=C(Nc1cn2cc(-c3cc(-n4cccn4)ccc3CO)ccc2n1)C1CC1. The summed E-state index contributed by atoms with van der Waals surface area (Å²) in [5.41, 5.74) is 4.37. The van der Waals surface area contributed by atoms with Crippen molar-refractivity contribution in [1.82, 2.24) is 19.2 Å². The van der Waals surface area contributed by atoms with E-state index in [0.717, 1.165) is 40.9 Å². The minimum atomic E-state index is -0.0562. The highest BCUT2D eigenvalue weighted by Gasteiger charge is 2.30. The molecule has 5 rings (SSSR count). The summed E-state index contributed by atoms with van der Waals surface area (Å²) in [6.07, 6.45) is 9.30. The van der Waals surface area contributed by atoms with E-state index in [2.05, 4.69) is 15.4 Å². The first-order valence-electron chi connectivity index (χ1n) is 9.25. The first kappa shape index (κ1) is 16.7. The molecule has 0 bridgehead atoms. The molecule has 1 aliphatic rings. The van der Waals surface area contributed by atoms with Crippen molar-refractivity contribution in [3.8, 4) is 16.8 Å². The Labute approximate surface area is 161 Å². The van der Waals surface area contributed by atoms with Crippen LogP contribution in [-0.4, -0.2) is 30.2 Å². The minimum absolute atomic E-state index is 0.0399. The number of hydrogen-bond acceptors (Lipinski definition) is 4. The molecule has 3 aromatic heterocycles. The lowest BCUT2D eigenvalue weighted by Crippen LogP contribution is -2.13. The van der Waals surface area contributed by atoms with Gasteiger partial charge in [-0.25, -0.2) is 9.67 Å². The van der Waals surface area contributed by atoms with E-state index < -0.39 is 0 Å². The van der Waals surface area contributed by atoms with Gasteiger partial charge in [-0.1, -0.05) is 6.07 Å². The molecule has 3 heterocycles. The molecule has 1 saturated carbocycles. The summed E-state index contributed by atoms with van der Waals surface area (Å²) in [7, 11) is 0. The highest BCUT2D eigenvalue weighted by Crippen LogP contribution is 2.30. The maximum Gasteiger partial charge on any atom is 0.228 e. The summed E-state index contributed by atoms with van der Waals surface area (Å²) >= 11 is 0. The van der Waals surface area contributed by atoms with E-state index in [1.54, 1.807) is 10.9 Å². The number of nitrogens with zero attached hydrogens (tertiary/aromatic N) is 4. The number of aromatic nitrogens is 4. The zero-order chi connectivity index (χ0) is 19.1. The molecule has 1 aromatic carbocycles. The molecular formula is C21H19N5O2. The van der Waals surface area contributed by atoms with Crippen molar-refractivity contribution in [3.63, 3.8) is 0 Å². The number of pyridine rings is 1. The Balaban J connectivity index is 1.53. The molecule has 28 heavy (non-hydrogen) atoms. The molecule has 0 saturated heterocycles. The standard InChI is InChI=1S/C21H19N5O2/c27-13-16-4-6-17(26-9-1-8-22-26)10-18(16)15-5-7-20-23-19(12-25(20)11-15)24-21(28)14-2-3-14/h1,4-12,14,27H,2-3,13H2,(H,24,28). The molecule has 7 nitrogen and oxygen atoms in total. The second-order valence-corrected chi connectivity index (χ2v) is 7.02. The number of carbonyl (C=O) groups is 1. The number of rotatable bonds is 5. The molecule has 1 amide bonds. The van der Waals surface area contributed by atoms with Crippen LogP contribution < -0.4 is 5.32 Å². The zero-order valence-corrected chi connectivity index (χ0v) is 15.1. The van der Waals surface area contributed by atoms with Gasteiger partial charge in [-0.05, 0) is 59.9 Å². The van der Waals surface area contributed by atoms with Gasteiger partial charge in [0.25, 0.3) is 0 Å². The average molecular weight is 373 g/mol. The Morgan fingerprint density at radius 3 is 2.86 bits per heavy atom. The lowest BCUT2D eigenvalue weighted by atomic mass is 10.0. The lowest BCUT2D eigenvalue weighted by molar-refractivity contribution is -0.117. The van der Waals surface area contributed by atoms with Crippen LogP contribution in [0.1, 0.15) is 18.4 Å². The third kappa shape index (κ3) is 3.05. The number of amides is 1. The highest BCUT2D eigenvalue weighted by molar-refractivity contribution is 5.93. The summed E-state index contributed by atoms with van der Waals surface area (Å²) < 4.78 is 3.67. The molecule has 0 atom stereocenters. The fourth-order valence-corrected chi connectivity index (χ4v) is 3.32. The van der Waals surface area contributed by atoms with Crippen molar-refractivity contribution in [2.75, 3.05) is 5.32 Å².